The Hall–Kier alpha value is -1.02. The molecule has 2 N–H and O–H groups in total. The topological polar surface area (TPSA) is 26.0 Å². The predicted octanol–water partition coefficient (Wildman–Crippen LogP) is 2.41. The van der Waals surface area contributed by atoms with Gasteiger partial charge in [0.25, 0.3) is 0 Å². The van der Waals surface area contributed by atoms with E-state index in [1.807, 2.05) is 0 Å². The van der Waals surface area contributed by atoms with Crippen LogP contribution >= 0.6 is 11.6 Å². The number of hydrogen-bond acceptors (Lipinski definition) is 1. The standard InChI is InChI=1S/C8H7ClFN/c1-5(11)6-2-3-7(9)8(10)4-6/h2-4H,1,11H2. The van der Waals surface area contributed by atoms with Gasteiger partial charge in [-0.3, -0.25) is 0 Å². The molecule has 0 saturated heterocycles. The minimum atomic E-state index is -0.476. The maximum atomic E-state index is 12.7. The van der Waals surface area contributed by atoms with Crippen molar-refractivity contribution in [1.29, 1.82) is 0 Å². The summed E-state index contributed by atoms with van der Waals surface area (Å²) in [5, 5.41) is 0.0926. The summed E-state index contributed by atoms with van der Waals surface area (Å²) < 4.78 is 12.7. The van der Waals surface area contributed by atoms with E-state index in [1.165, 1.54) is 12.1 Å². The van der Waals surface area contributed by atoms with Crippen molar-refractivity contribution in [3.8, 4) is 0 Å². The molecule has 0 aliphatic carbocycles. The zero-order chi connectivity index (χ0) is 8.43. The molecule has 58 valence electrons. The first kappa shape index (κ1) is 8.08. The summed E-state index contributed by atoms with van der Waals surface area (Å²) in [6, 6.07) is 4.32. The normalized spacial score (nSPS) is 9.64. The van der Waals surface area contributed by atoms with E-state index in [-0.39, 0.29) is 5.02 Å². The number of nitrogens with two attached hydrogens (primary N) is 1. The molecular weight excluding hydrogens is 165 g/mol. The lowest BCUT2D eigenvalue weighted by Crippen LogP contribution is -1.94. The number of benzene rings is 1. The highest BCUT2D eigenvalue weighted by atomic mass is 35.5. The monoisotopic (exact) mass is 171 g/mol. The van der Waals surface area contributed by atoms with Gasteiger partial charge in [-0.05, 0) is 17.7 Å². The Balaban J connectivity index is 3.15. The van der Waals surface area contributed by atoms with Crippen LogP contribution in [0.25, 0.3) is 5.70 Å². The van der Waals surface area contributed by atoms with Crippen LogP contribution in [0.15, 0.2) is 24.8 Å². The second-order valence-corrected chi connectivity index (χ2v) is 2.56. The van der Waals surface area contributed by atoms with Crippen LogP contribution in [-0.4, -0.2) is 0 Å². The summed E-state index contributed by atoms with van der Waals surface area (Å²) in [6.45, 7) is 3.46. The van der Waals surface area contributed by atoms with Gasteiger partial charge in [0.05, 0.1) is 5.02 Å². The molecule has 1 aromatic rings. The highest BCUT2D eigenvalue weighted by Crippen LogP contribution is 2.17. The molecule has 0 bridgehead atoms. The summed E-state index contributed by atoms with van der Waals surface area (Å²) in [4.78, 5) is 0. The molecule has 11 heavy (non-hydrogen) atoms. The molecule has 0 aliphatic heterocycles. The lowest BCUT2D eigenvalue weighted by Gasteiger charge is -1.99. The zero-order valence-corrected chi connectivity index (χ0v) is 6.53. The fourth-order valence-corrected chi connectivity index (χ4v) is 0.813. The van der Waals surface area contributed by atoms with E-state index in [1.54, 1.807) is 6.07 Å². The van der Waals surface area contributed by atoms with Gasteiger partial charge >= 0.3 is 0 Å². The average molecular weight is 172 g/mol. The predicted molar refractivity (Wildman–Crippen MR) is 44.6 cm³/mol. The lowest BCUT2D eigenvalue weighted by atomic mass is 10.2. The van der Waals surface area contributed by atoms with Gasteiger partial charge in [-0.1, -0.05) is 24.2 Å². The van der Waals surface area contributed by atoms with Crippen LogP contribution < -0.4 is 5.73 Å². The van der Waals surface area contributed by atoms with Crippen LogP contribution in [-0.2, 0) is 0 Å². The fourth-order valence-electron chi connectivity index (χ4n) is 0.696. The van der Waals surface area contributed by atoms with Crippen LogP contribution in [0.2, 0.25) is 5.02 Å². The van der Waals surface area contributed by atoms with E-state index in [0.717, 1.165) is 0 Å². The Bertz CT molecular complexity index is 296. The quantitative estimate of drug-likeness (QED) is 0.690. The highest BCUT2D eigenvalue weighted by molar-refractivity contribution is 6.30. The highest BCUT2D eigenvalue weighted by Gasteiger charge is 2.00. The van der Waals surface area contributed by atoms with Crippen molar-refractivity contribution < 1.29 is 4.39 Å². The molecule has 0 aliphatic rings. The Labute approximate surface area is 69.3 Å². The van der Waals surface area contributed by atoms with Crippen LogP contribution in [0.3, 0.4) is 0 Å². The molecule has 0 radical (unpaired) electrons. The smallest absolute Gasteiger partial charge is 0.142 e. The van der Waals surface area contributed by atoms with E-state index in [4.69, 9.17) is 17.3 Å². The minimum absolute atomic E-state index is 0.0926. The third-order valence-corrected chi connectivity index (χ3v) is 1.60. The molecule has 0 atom stereocenters. The van der Waals surface area contributed by atoms with Crippen LogP contribution in [0, 0.1) is 5.82 Å². The van der Waals surface area contributed by atoms with E-state index in [0.29, 0.717) is 11.3 Å². The van der Waals surface area contributed by atoms with Gasteiger partial charge in [-0.2, -0.15) is 0 Å². The Kier molecular flexibility index (Phi) is 2.15. The second kappa shape index (κ2) is 2.93. The van der Waals surface area contributed by atoms with Crippen molar-refractivity contribution in [2.45, 2.75) is 0 Å². The maximum absolute atomic E-state index is 12.7. The van der Waals surface area contributed by atoms with Crippen molar-refractivity contribution in [3.05, 3.63) is 41.2 Å². The summed E-state index contributed by atoms with van der Waals surface area (Å²) >= 11 is 5.44. The summed E-state index contributed by atoms with van der Waals surface area (Å²) in [5.74, 6) is -0.476. The molecule has 0 heterocycles. The molecule has 1 aromatic carbocycles. The Morgan fingerprint density at radius 1 is 1.55 bits per heavy atom. The molecular formula is C8H7ClFN. The van der Waals surface area contributed by atoms with E-state index < -0.39 is 5.82 Å². The molecule has 0 unspecified atom stereocenters. The first-order chi connectivity index (χ1) is 5.11. The second-order valence-electron chi connectivity index (χ2n) is 2.15. The number of halogens is 2. The average Bonchev–Trinajstić information content (AvgIpc) is 1.94. The first-order valence-corrected chi connectivity index (χ1v) is 3.39. The summed E-state index contributed by atoms with van der Waals surface area (Å²) in [6.07, 6.45) is 0. The molecule has 1 rings (SSSR count). The molecule has 1 nitrogen and oxygen atoms in total. The zero-order valence-electron chi connectivity index (χ0n) is 5.77. The van der Waals surface area contributed by atoms with Crippen LogP contribution in [0.5, 0.6) is 0 Å². The van der Waals surface area contributed by atoms with Crippen molar-refractivity contribution in [1.82, 2.24) is 0 Å². The van der Waals surface area contributed by atoms with Gasteiger partial charge in [-0.25, -0.2) is 4.39 Å². The SMILES string of the molecule is C=C(N)c1ccc(Cl)c(F)c1. The van der Waals surface area contributed by atoms with Gasteiger partial charge < -0.3 is 5.73 Å². The van der Waals surface area contributed by atoms with E-state index >= 15 is 0 Å². The maximum Gasteiger partial charge on any atom is 0.142 e. The molecule has 3 heteroatoms. The summed E-state index contributed by atoms with van der Waals surface area (Å²) in [5.41, 5.74) is 6.22. The van der Waals surface area contributed by atoms with E-state index in [9.17, 15) is 4.39 Å². The molecule has 0 saturated carbocycles. The molecule has 0 fully saturated rings. The third kappa shape index (κ3) is 1.71. The number of rotatable bonds is 1. The van der Waals surface area contributed by atoms with Crippen LogP contribution in [0.1, 0.15) is 5.56 Å². The van der Waals surface area contributed by atoms with Gasteiger partial charge in [-0.15, -0.1) is 0 Å². The Morgan fingerprint density at radius 3 is 2.64 bits per heavy atom. The first-order valence-electron chi connectivity index (χ1n) is 3.01. The Morgan fingerprint density at radius 2 is 2.18 bits per heavy atom. The fraction of sp³-hybridized carbons (Fsp3) is 0. The lowest BCUT2D eigenvalue weighted by molar-refractivity contribution is 0.628. The van der Waals surface area contributed by atoms with Gasteiger partial charge in [0, 0.05) is 5.70 Å². The largest absolute Gasteiger partial charge is 0.399 e. The third-order valence-electron chi connectivity index (χ3n) is 1.29. The minimum Gasteiger partial charge on any atom is -0.399 e. The molecule has 0 amide bonds. The number of hydrogen-bond donors (Lipinski definition) is 1. The van der Waals surface area contributed by atoms with Crippen molar-refractivity contribution in [2.24, 2.45) is 5.73 Å². The van der Waals surface area contributed by atoms with Crippen molar-refractivity contribution >= 4 is 17.3 Å². The van der Waals surface area contributed by atoms with Crippen LogP contribution in [0.4, 0.5) is 4.39 Å². The van der Waals surface area contributed by atoms with Crippen molar-refractivity contribution in [2.75, 3.05) is 0 Å². The summed E-state index contributed by atoms with van der Waals surface area (Å²) in [7, 11) is 0. The van der Waals surface area contributed by atoms with Gasteiger partial charge in [0.15, 0.2) is 0 Å². The van der Waals surface area contributed by atoms with Gasteiger partial charge in [0.1, 0.15) is 5.82 Å². The van der Waals surface area contributed by atoms with Gasteiger partial charge in [0.2, 0.25) is 0 Å². The molecule has 0 spiro atoms. The van der Waals surface area contributed by atoms with Crippen molar-refractivity contribution in [3.63, 3.8) is 0 Å². The van der Waals surface area contributed by atoms with E-state index in [2.05, 4.69) is 6.58 Å². The molecule has 0 aromatic heterocycles.